The van der Waals surface area contributed by atoms with Crippen molar-refractivity contribution in [2.24, 2.45) is 5.92 Å². The van der Waals surface area contributed by atoms with Crippen LogP contribution in [0.25, 0.3) is 0 Å². The molecule has 0 amide bonds. The molecule has 0 unspecified atom stereocenters. The van der Waals surface area contributed by atoms with Gasteiger partial charge in [-0.1, -0.05) is 18.9 Å². The minimum absolute atomic E-state index is 0.227. The maximum atomic E-state index is 9.69. The second-order valence-corrected chi connectivity index (χ2v) is 6.23. The first kappa shape index (κ1) is 13.7. The molecule has 1 aromatic carbocycles. The second-order valence-electron chi connectivity index (χ2n) is 6.23. The van der Waals surface area contributed by atoms with Crippen LogP contribution in [0.15, 0.2) is 18.2 Å². The fourth-order valence-electron chi connectivity index (χ4n) is 3.98. The fraction of sp³-hybridized carbons (Fsp3) is 0.647. The summed E-state index contributed by atoms with van der Waals surface area (Å²) in [6, 6.07) is 6.51. The van der Waals surface area contributed by atoms with Crippen molar-refractivity contribution in [2.75, 3.05) is 13.7 Å². The zero-order valence-electron chi connectivity index (χ0n) is 12.3. The van der Waals surface area contributed by atoms with Gasteiger partial charge in [0.25, 0.3) is 0 Å². The van der Waals surface area contributed by atoms with Crippen molar-refractivity contribution in [1.29, 1.82) is 0 Å². The molecule has 0 aromatic heterocycles. The molecular weight excluding hydrogens is 250 g/mol. The first-order valence-electron chi connectivity index (χ1n) is 7.88. The van der Waals surface area contributed by atoms with Crippen molar-refractivity contribution in [3.63, 3.8) is 0 Å². The summed E-state index contributed by atoms with van der Waals surface area (Å²) < 4.78 is 5.21. The molecule has 0 radical (unpaired) electrons. The van der Waals surface area contributed by atoms with E-state index in [-0.39, 0.29) is 5.75 Å². The number of benzene rings is 1. The zero-order chi connectivity index (χ0) is 13.9. The number of hydrogen-bond donors (Lipinski definition) is 1. The molecule has 1 N–H and O–H groups in total. The third-order valence-electron chi connectivity index (χ3n) is 4.99. The Kier molecular flexibility index (Phi) is 4.16. The van der Waals surface area contributed by atoms with E-state index in [1.165, 1.54) is 50.6 Å². The Labute approximate surface area is 121 Å². The topological polar surface area (TPSA) is 32.7 Å². The lowest BCUT2D eigenvalue weighted by atomic mass is 9.78. The van der Waals surface area contributed by atoms with Gasteiger partial charge in [0, 0.05) is 12.6 Å². The highest BCUT2D eigenvalue weighted by Crippen LogP contribution is 2.36. The minimum Gasteiger partial charge on any atom is -0.504 e. The Bertz CT molecular complexity index is 458. The molecule has 110 valence electrons. The molecule has 1 saturated heterocycles. The summed E-state index contributed by atoms with van der Waals surface area (Å²) in [7, 11) is 1.61. The van der Waals surface area contributed by atoms with Crippen LogP contribution >= 0.6 is 0 Å². The molecule has 3 rings (SSSR count). The summed E-state index contributed by atoms with van der Waals surface area (Å²) in [6.45, 7) is 2.20. The van der Waals surface area contributed by atoms with Gasteiger partial charge in [-0.3, -0.25) is 4.90 Å². The average Bonchev–Trinajstić information content (AvgIpc) is 2.49. The van der Waals surface area contributed by atoms with E-state index in [4.69, 9.17) is 4.74 Å². The van der Waals surface area contributed by atoms with Crippen LogP contribution in [0.4, 0.5) is 0 Å². The van der Waals surface area contributed by atoms with Crippen molar-refractivity contribution in [3.8, 4) is 11.5 Å². The van der Waals surface area contributed by atoms with E-state index >= 15 is 0 Å². The predicted molar refractivity (Wildman–Crippen MR) is 80.0 cm³/mol. The first-order valence-corrected chi connectivity index (χ1v) is 7.88. The molecule has 1 heterocycles. The van der Waals surface area contributed by atoms with E-state index in [0.29, 0.717) is 5.75 Å². The van der Waals surface area contributed by atoms with Crippen LogP contribution in [0.5, 0.6) is 11.5 Å². The van der Waals surface area contributed by atoms with E-state index in [0.717, 1.165) is 18.5 Å². The van der Waals surface area contributed by atoms with Crippen LogP contribution in [0.2, 0.25) is 0 Å². The van der Waals surface area contributed by atoms with Crippen LogP contribution in [0.3, 0.4) is 0 Å². The number of phenols is 1. The summed E-state index contributed by atoms with van der Waals surface area (Å²) in [6.07, 6.45) is 8.33. The number of piperidine rings is 1. The maximum Gasteiger partial charge on any atom is 0.160 e. The van der Waals surface area contributed by atoms with Gasteiger partial charge in [0.1, 0.15) is 0 Å². The van der Waals surface area contributed by atoms with Crippen molar-refractivity contribution in [2.45, 2.75) is 51.1 Å². The fourth-order valence-corrected chi connectivity index (χ4v) is 3.98. The molecule has 0 spiro atoms. The third-order valence-corrected chi connectivity index (χ3v) is 4.99. The smallest absolute Gasteiger partial charge is 0.160 e. The number of fused-ring (bicyclic) bond motifs is 1. The van der Waals surface area contributed by atoms with E-state index in [9.17, 15) is 5.11 Å². The van der Waals surface area contributed by atoms with E-state index in [1.54, 1.807) is 13.2 Å². The van der Waals surface area contributed by atoms with Crippen molar-refractivity contribution >= 4 is 0 Å². The molecule has 3 heteroatoms. The van der Waals surface area contributed by atoms with Gasteiger partial charge in [-0.05, 0) is 55.8 Å². The Morgan fingerprint density at radius 3 is 2.85 bits per heavy atom. The average molecular weight is 275 g/mol. The lowest BCUT2D eigenvalue weighted by Crippen LogP contribution is -2.46. The van der Waals surface area contributed by atoms with Gasteiger partial charge in [-0.15, -0.1) is 0 Å². The van der Waals surface area contributed by atoms with Gasteiger partial charge in [0.05, 0.1) is 7.11 Å². The number of rotatable bonds is 3. The van der Waals surface area contributed by atoms with Gasteiger partial charge < -0.3 is 9.84 Å². The highest BCUT2D eigenvalue weighted by Gasteiger charge is 2.32. The summed E-state index contributed by atoms with van der Waals surface area (Å²) in [5.41, 5.74) is 1.24. The van der Waals surface area contributed by atoms with Crippen LogP contribution in [0.1, 0.15) is 44.1 Å². The highest BCUT2D eigenvalue weighted by atomic mass is 16.5. The predicted octanol–water partition coefficient (Wildman–Crippen LogP) is 3.56. The highest BCUT2D eigenvalue weighted by molar-refractivity contribution is 5.41. The van der Waals surface area contributed by atoms with Gasteiger partial charge in [0.2, 0.25) is 0 Å². The van der Waals surface area contributed by atoms with Gasteiger partial charge in [0.15, 0.2) is 11.5 Å². The molecule has 1 aliphatic heterocycles. The Morgan fingerprint density at radius 1 is 1.20 bits per heavy atom. The van der Waals surface area contributed by atoms with Crippen LogP contribution in [-0.4, -0.2) is 29.7 Å². The van der Waals surface area contributed by atoms with E-state index in [1.807, 2.05) is 12.1 Å². The largest absolute Gasteiger partial charge is 0.504 e. The number of phenolic OH excluding ortho intramolecular Hbond substituents is 1. The van der Waals surface area contributed by atoms with Crippen molar-refractivity contribution < 1.29 is 9.84 Å². The molecule has 2 atom stereocenters. The molecule has 1 aromatic rings. The zero-order valence-corrected chi connectivity index (χ0v) is 12.3. The molecule has 1 saturated carbocycles. The van der Waals surface area contributed by atoms with Gasteiger partial charge in [-0.2, -0.15) is 0 Å². The number of hydrogen-bond acceptors (Lipinski definition) is 3. The van der Waals surface area contributed by atoms with Crippen LogP contribution in [0, 0.1) is 5.92 Å². The number of likely N-dealkylation sites (tertiary alicyclic amines) is 1. The Morgan fingerprint density at radius 2 is 2.00 bits per heavy atom. The van der Waals surface area contributed by atoms with Crippen molar-refractivity contribution in [1.82, 2.24) is 4.90 Å². The molecule has 0 bridgehead atoms. The second kappa shape index (κ2) is 6.04. The lowest BCUT2D eigenvalue weighted by molar-refractivity contribution is 0.0546. The maximum absolute atomic E-state index is 9.69. The van der Waals surface area contributed by atoms with Crippen molar-refractivity contribution in [3.05, 3.63) is 23.8 Å². The monoisotopic (exact) mass is 275 g/mol. The number of ether oxygens (including phenoxy) is 1. The molecular formula is C17H25NO2. The summed E-state index contributed by atoms with van der Waals surface area (Å²) in [4.78, 5) is 2.65. The summed E-state index contributed by atoms with van der Waals surface area (Å²) in [5, 5.41) is 9.69. The molecule has 2 fully saturated rings. The molecule has 3 nitrogen and oxygen atoms in total. The Hall–Kier alpha value is -1.22. The normalized spacial score (nSPS) is 27.1. The lowest BCUT2D eigenvalue weighted by Gasteiger charge is -2.44. The summed E-state index contributed by atoms with van der Waals surface area (Å²) >= 11 is 0. The van der Waals surface area contributed by atoms with E-state index in [2.05, 4.69) is 4.90 Å². The van der Waals surface area contributed by atoms with Gasteiger partial charge in [-0.25, -0.2) is 0 Å². The Balaban J connectivity index is 1.72. The number of nitrogens with zero attached hydrogens (tertiary/aromatic N) is 1. The third kappa shape index (κ3) is 2.78. The van der Waals surface area contributed by atoms with Gasteiger partial charge >= 0.3 is 0 Å². The summed E-state index contributed by atoms with van der Waals surface area (Å²) in [5.74, 6) is 1.72. The SMILES string of the molecule is COc1cc(CN2CCC[C@H]3CCCC[C@H]32)ccc1O. The standard InChI is InChI=1S/C17H25NO2/c1-20-17-11-13(8-9-16(17)19)12-18-10-4-6-14-5-2-3-7-15(14)18/h8-9,11,14-15,19H,2-7,10,12H2,1H3/t14-,15-/m1/s1. The number of aromatic hydroxyl groups is 1. The molecule has 2 aliphatic rings. The number of methoxy groups -OCH3 is 1. The van der Waals surface area contributed by atoms with Crippen LogP contribution < -0.4 is 4.74 Å². The quantitative estimate of drug-likeness (QED) is 0.915. The molecule has 20 heavy (non-hydrogen) atoms. The molecule has 1 aliphatic carbocycles. The first-order chi connectivity index (χ1) is 9.78. The van der Waals surface area contributed by atoms with E-state index < -0.39 is 0 Å². The minimum atomic E-state index is 0.227. The van der Waals surface area contributed by atoms with Crippen LogP contribution in [-0.2, 0) is 6.54 Å².